The van der Waals surface area contributed by atoms with Gasteiger partial charge in [-0.2, -0.15) is 0 Å². The second kappa shape index (κ2) is 5.33. The SMILES string of the molecule is COC1=N[S@@](=O)N(c2ccccc2)[C@@]1(C)c1ccccc1. The molecule has 0 fully saturated rings. The Morgan fingerprint density at radius 3 is 2.19 bits per heavy atom. The highest BCUT2D eigenvalue weighted by Crippen LogP contribution is 2.40. The molecule has 1 heterocycles. The molecule has 0 saturated carbocycles. The fourth-order valence-corrected chi connectivity index (χ4v) is 3.87. The fraction of sp³-hybridized carbons (Fsp3) is 0.188. The Kier molecular flexibility index (Phi) is 3.51. The first-order valence-corrected chi connectivity index (χ1v) is 7.70. The first-order chi connectivity index (χ1) is 10.2. The van der Waals surface area contributed by atoms with Gasteiger partial charge in [-0.25, -0.2) is 4.21 Å². The van der Waals surface area contributed by atoms with Crippen LogP contribution in [-0.2, 0) is 21.4 Å². The molecule has 0 N–H and O–H groups in total. The molecule has 0 bridgehead atoms. The van der Waals surface area contributed by atoms with Crippen molar-refractivity contribution in [3.05, 3.63) is 66.2 Å². The number of methoxy groups -OCH3 is 1. The van der Waals surface area contributed by atoms with Gasteiger partial charge in [0, 0.05) is 0 Å². The third kappa shape index (κ3) is 2.14. The van der Waals surface area contributed by atoms with Crippen LogP contribution in [0.25, 0.3) is 0 Å². The monoisotopic (exact) mass is 300 g/mol. The minimum Gasteiger partial charge on any atom is -0.482 e. The van der Waals surface area contributed by atoms with Crippen LogP contribution in [0.4, 0.5) is 5.69 Å². The smallest absolute Gasteiger partial charge is 0.250 e. The average Bonchev–Trinajstić information content (AvgIpc) is 2.80. The van der Waals surface area contributed by atoms with E-state index >= 15 is 0 Å². The normalized spacial score (nSPS) is 24.8. The molecule has 0 saturated heterocycles. The maximum Gasteiger partial charge on any atom is 0.250 e. The van der Waals surface area contributed by atoms with E-state index in [1.807, 2.05) is 67.6 Å². The summed E-state index contributed by atoms with van der Waals surface area (Å²) in [5.74, 6) is 0.455. The summed E-state index contributed by atoms with van der Waals surface area (Å²) in [6.07, 6.45) is 0. The van der Waals surface area contributed by atoms with E-state index in [2.05, 4.69) is 4.40 Å². The molecule has 2 aromatic carbocycles. The van der Waals surface area contributed by atoms with Crippen LogP contribution >= 0.6 is 0 Å². The van der Waals surface area contributed by atoms with Crippen LogP contribution in [0.1, 0.15) is 12.5 Å². The average molecular weight is 300 g/mol. The standard InChI is InChI=1S/C16H16N2O2S/c1-16(13-9-5-3-6-10-13)15(20-2)17-21(19)18(16)14-11-7-4-8-12-14/h3-12H,1-2H3/t16-,21+/m0/s1. The topological polar surface area (TPSA) is 41.9 Å². The van der Waals surface area contributed by atoms with Gasteiger partial charge in [0.15, 0.2) is 5.54 Å². The molecular formula is C16H16N2O2S. The number of hydrogen-bond donors (Lipinski definition) is 0. The Morgan fingerprint density at radius 1 is 1.05 bits per heavy atom. The molecule has 4 nitrogen and oxygen atoms in total. The molecule has 0 unspecified atom stereocenters. The minimum atomic E-state index is -1.52. The Labute approximate surface area is 126 Å². The van der Waals surface area contributed by atoms with Crippen molar-refractivity contribution < 1.29 is 8.95 Å². The lowest BCUT2D eigenvalue weighted by Crippen LogP contribution is -2.46. The Hall–Kier alpha value is -2.14. The highest BCUT2D eigenvalue weighted by atomic mass is 32.2. The lowest BCUT2D eigenvalue weighted by atomic mass is 9.91. The summed E-state index contributed by atoms with van der Waals surface area (Å²) in [6, 6.07) is 19.5. The number of ether oxygens (including phenoxy) is 1. The molecule has 108 valence electrons. The van der Waals surface area contributed by atoms with Gasteiger partial charge in [0.25, 0.3) is 0 Å². The second-order valence-corrected chi connectivity index (χ2v) is 5.91. The van der Waals surface area contributed by atoms with E-state index in [4.69, 9.17) is 4.74 Å². The van der Waals surface area contributed by atoms with E-state index in [9.17, 15) is 4.21 Å². The maximum absolute atomic E-state index is 12.5. The van der Waals surface area contributed by atoms with Gasteiger partial charge in [-0.05, 0) is 24.6 Å². The van der Waals surface area contributed by atoms with Gasteiger partial charge < -0.3 is 4.74 Å². The molecule has 2 atom stereocenters. The Bertz CT molecular complexity index is 688. The van der Waals surface area contributed by atoms with Crippen LogP contribution < -0.4 is 4.31 Å². The number of benzene rings is 2. The lowest BCUT2D eigenvalue weighted by Gasteiger charge is -2.34. The molecule has 1 aliphatic heterocycles. The van der Waals surface area contributed by atoms with Crippen molar-refractivity contribution in [2.24, 2.45) is 4.40 Å². The minimum absolute atomic E-state index is 0.455. The molecule has 2 aromatic rings. The molecule has 3 rings (SSSR count). The summed E-state index contributed by atoms with van der Waals surface area (Å²) in [4.78, 5) is 0. The zero-order valence-corrected chi connectivity index (χ0v) is 12.7. The summed E-state index contributed by atoms with van der Waals surface area (Å²) in [5, 5.41) is 0. The Balaban J connectivity index is 2.17. The summed E-state index contributed by atoms with van der Waals surface area (Å²) in [7, 11) is 1.56. The lowest BCUT2D eigenvalue weighted by molar-refractivity contribution is 0.363. The van der Waals surface area contributed by atoms with Crippen LogP contribution in [-0.4, -0.2) is 17.2 Å². The van der Waals surface area contributed by atoms with Crippen LogP contribution in [0.2, 0.25) is 0 Å². The molecule has 0 spiro atoms. The van der Waals surface area contributed by atoms with Crippen LogP contribution in [0.5, 0.6) is 0 Å². The van der Waals surface area contributed by atoms with E-state index in [1.54, 1.807) is 11.4 Å². The van der Waals surface area contributed by atoms with Crippen molar-refractivity contribution in [3.63, 3.8) is 0 Å². The van der Waals surface area contributed by atoms with Gasteiger partial charge >= 0.3 is 0 Å². The highest BCUT2D eigenvalue weighted by Gasteiger charge is 2.49. The predicted octanol–water partition coefficient (Wildman–Crippen LogP) is 3.05. The van der Waals surface area contributed by atoms with E-state index in [0.717, 1.165) is 11.3 Å². The molecule has 0 radical (unpaired) electrons. The molecule has 1 aliphatic rings. The van der Waals surface area contributed by atoms with Crippen LogP contribution in [0, 0.1) is 0 Å². The zero-order chi connectivity index (χ0) is 14.9. The Morgan fingerprint density at radius 2 is 1.62 bits per heavy atom. The number of para-hydroxylation sites is 1. The number of anilines is 1. The van der Waals surface area contributed by atoms with Crippen molar-refractivity contribution in [2.45, 2.75) is 12.5 Å². The first-order valence-electron chi connectivity index (χ1n) is 6.64. The second-order valence-electron chi connectivity index (χ2n) is 4.90. The largest absolute Gasteiger partial charge is 0.482 e. The molecule has 0 amide bonds. The van der Waals surface area contributed by atoms with E-state index in [0.29, 0.717) is 5.90 Å². The van der Waals surface area contributed by atoms with Crippen LogP contribution in [0.3, 0.4) is 0 Å². The van der Waals surface area contributed by atoms with E-state index in [1.165, 1.54) is 0 Å². The quantitative estimate of drug-likeness (QED) is 0.855. The summed E-state index contributed by atoms with van der Waals surface area (Å²) < 4.78 is 23.9. The highest BCUT2D eigenvalue weighted by molar-refractivity contribution is 7.85. The number of nitrogens with zero attached hydrogens (tertiary/aromatic N) is 2. The predicted molar refractivity (Wildman–Crippen MR) is 85.3 cm³/mol. The van der Waals surface area contributed by atoms with Crippen molar-refractivity contribution in [3.8, 4) is 0 Å². The maximum atomic E-state index is 12.5. The fourth-order valence-electron chi connectivity index (χ4n) is 2.59. The van der Waals surface area contributed by atoms with Gasteiger partial charge in [-0.15, -0.1) is 4.40 Å². The summed E-state index contributed by atoms with van der Waals surface area (Å²) in [5.41, 5.74) is 1.14. The van der Waals surface area contributed by atoms with Gasteiger partial charge in [0.05, 0.1) is 12.8 Å². The summed E-state index contributed by atoms with van der Waals surface area (Å²) >= 11 is -1.52. The van der Waals surface area contributed by atoms with Crippen molar-refractivity contribution >= 4 is 22.8 Å². The number of hydrogen-bond acceptors (Lipinski definition) is 2. The summed E-state index contributed by atoms with van der Waals surface area (Å²) in [6.45, 7) is 1.97. The first kappa shape index (κ1) is 13.8. The van der Waals surface area contributed by atoms with E-state index in [-0.39, 0.29) is 0 Å². The van der Waals surface area contributed by atoms with Crippen molar-refractivity contribution in [1.29, 1.82) is 0 Å². The van der Waals surface area contributed by atoms with Crippen molar-refractivity contribution in [2.75, 3.05) is 11.4 Å². The molecular weight excluding hydrogens is 284 g/mol. The van der Waals surface area contributed by atoms with Crippen LogP contribution in [0.15, 0.2) is 65.1 Å². The third-order valence-corrected chi connectivity index (χ3v) is 4.87. The van der Waals surface area contributed by atoms with Crippen molar-refractivity contribution in [1.82, 2.24) is 0 Å². The van der Waals surface area contributed by atoms with Gasteiger partial charge in [0.1, 0.15) is 0 Å². The van der Waals surface area contributed by atoms with Gasteiger partial charge in [-0.3, -0.25) is 4.31 Å². The molecule has 5 heteroatoms. The molecule has 0 aromatic heterocycles. The van der Waals surface area contributed by atoms with Gasteiger partial charge in [0.2, 0.25) is 17.1 Å². The number of rotatable bonds is 2. The third-order valence-electron chi connectivity index (χ3n) is 3.66. The van der Waals surface area contributed by atoms with Gasteiger partial charge in [-0.1, -0.05) is 48.5 Å². The zero-order valence-electron chi connectivity index (χ0n) is 11.9. The molecule has 21 heavy (non-hydrogen) atoms. The molecule has 0 aliphatic carbocycles. The van der Waals surface area contributed by atoms with E-state index < -0.39 is 16.7 Å².